The highest BCUT2D eigenvalue weighted by Gasteiger charge is 2.38. The second-order valence-corrected chi connectivity index (χ2v) is 9.06. The third kappa shape index (κ3) is 6.52. The number of aromatic nitrogens is 2. The molecule has 2 N–H and O–H groups in total. The molecule has 0 spiro atoms. The molecule has 4 rings (SSSR count). The van der Waals surface area contributed by atoms with Gasteiger partial charge in [-0.15, -0.1) is 0 Å². The minimum Gasteiger partial charge on any atom is -0.465 e. The molecule has 0 saturated carbocycles. The normalized spacial score (nSPS) is 19.1. The standard InChI is InChI=1S/C23H27F4N5O4/c24-16-3-1-4-17(13-16)36-19-14-18(23(25,26)27)28-20(29-19)31-9-5-22(35,6-10-31)15-30-7-2-8-32(12-11-30)21(33)34/h1,3-4,13-14,35H,2,5-12,15H2,(H,33,34). The van der Waals surface area contributed by atoms with Crippen molar-refractivity contribution in [3.05, 3.63) is 41.8 Å². The van der Waals surface area contributed by atoms with E-state index in [1.165, 1.54) is 23.1 Å². The smallest absolute Gasteiger partial charge is 0.433 e. The number of amides is 1. The van der Waals surface area contributed by atoms with E-state index >= 15 is 0 Å². The summed E-state index contributed by atoms with van der Waals surface area (Å²) in [4.78, 5) is 23.9. The average molecular weight is 513 g/mol. The fraction of sp³-hybridized carbons (Fsp3) is 0.522. The van der Waals surface area contributed by atoms with Gasteiger partial charge in [-0.2, -0.15) is 18.2 Å². The number of ether oxygens (including phenoxy) is 1. The highest BCUT2D eigenvalue weighted by Crippen LogP contribution is 2.34. The van der Waals surface area contributed by atoms with Crippen molar-refractivity contribution in [1.29, 1.82) is 0 Å². The summed E-state index contributed by atoms with van der Waals surface area (Å²) in [5.74, 6) is -1.16. The highest BCUT2D eigenvalue weighted by molar-refractivity contribution is 5.64. The lowest BCUT2D eigenvalue weighted by atomic mass is 9.91. The summed E-state index contributed by atoms with van der Waals surface area (Å²) in [6, 6.07) is 5.65. The van der Waals surface area contributed by atoms with Crippen molar-refractivity contribution in [2.45, 2.75) is 31.0 Å². The zero-order valence-corrected chi connectivity index (χ0v) is 19.4. The summed E-state index contributed by atoms with van der Waals surface area (Å²) in [7, 11) is 0. The van der Waals surface area contributed by atoms with Crippen LogP contribution in [-0.4, -0.2) is 87.5 Å². The van der Waals surface area contributed by atoms with Crippen LogP contribution >= 0.6 is 0 Å². The maximum absolute atomic E-state index is 13.5. The largest absolute Gasteiger partial charge is 0.465 e. The zero-order chi connectivity index (χ0) is 25.9. The van der Waals surface area contributed by atoms with Crippen molar-refractivity contribution >= 4 is 12.0 Å². The van der Waals surface area contributed by atoms with E-state index in [0.29, 0.717) is 45.2 Å². The van der Waals surface area contributed by atoms with Crippen molar-refractivity contribution in [3.8, 4) is 11.6 Å². The van der Waals surface area contributed by atoms with Crippen LogP contribution in [0.1, 0.15) is 25.0 Å². The van der Waals surface area contributed by atoms with Crippen LogP contribution in [-0.2, 0) is 6.18 Å². The van der Waals surface area contributed by atoms with E-state index < -0.39 is 29.4 Å². The summed E-state index contributed by atoms with van der Waals surface area (Å²) in [6.45, 7) is 2.70. The number of halogens is 4. The number of benzene rings is 1. The lowest BCUT2D eigenvalue weighted by Crippen LogP contribution is -2.52. The molecule has 3 heterocycles. The van der Waals surface area contributed by atoms with Crippen molar-refractivity contribution < 1.29 is 37.3 Å². The molecule has 2 aromatic rings. The Labute approximate surface area is 204 Å². The topological polar surface area (TPSA) is 102 Å². The second-order valence-electron chi connectivity index (χ2n) is 9.06. The van der Waals surface area contributed by atoms with Gasteiger partial charge in [-0.05, 0) is 31.4 Å². The van der Waals surface area contributed by atoms with E-state index in [1.54, 1.807) is 4.90 Å². The van der Waals surface area contributed by atoms with Crippen LogP contribution in [0, 0.1) is 5.82 Å². The van der Waals surface area contributed by atoms with E-state index in [2.05, 4.69) is 9.97 Å². The number of β-amino-alcohol motifs (C(OH)–C–C–N with tert-alkyl or cyclic N) is 1. The van der Waals surface area contributed by atoms with Crippen molar-refractivity contribution in [1.82, 2.24) is 19.8 Å². The first kappa shape index (κ1) is 25.9. The molecule has 2 fully saturated rings. The average Bonchev–Trinajstić information content (AvgIpc) is 3.04. The van der Waals surface area contributed by atoms with Gasteiger partial charge in [0.25, 0.3) is 0 Å². The van der Waals surface area contributed by atoms with Crippen molar-refractivity contribution in [2.24, 2.45) is 0 Å². The maximum atomic E-state index is 13.5. The number of hydrogen-bond acceptors (Lipinski definition) is 7. The zero-order valence-electron chi connectivity index (χ0n) is 19.4. The molecular formula is C23H27F4N5O4. The van der Waals surface area contributed by atoms with Crippen LogP contribution in [0.3, 0.4) is 0 Å². The molecular weight excluding hydrogens is 486 g/mol. The number of piperidine rings is 1. The fourth-order valence-electron chi connectivity index (χ4n) is 4.42. The Hall–Kier alpha value is -3.19. The molecule has 36 heavy (non-hydrogen) atoms. The van der Waals surface area contributed by atoms with Gasteiger partial charge in [0.05, 0.1) is 5.60 Å². The molecule has 0 aliphatic carbocycles. The summed E-state index contributed by atoms with van der Waals surface area (Å²) in [6.07, 6.45) is -4.52. The van der Waals surface area contributed by atoms with E-state index in [0.717, 1.165) is 6.07 Å². The van der Waals surface area contributed by atoms with Crippen molar-refractivity contribution in [2.75, 3.05) is 50.7 Å². The van der Waals surface area contributed by atoms with Crippen LogP contribution in [0.5, 0.6) is 11.6 Å². The van der Waals surface area contributed by atoms with Gasteiger partial charge in [0, 0.05) is 57.9 Å². The summed E-state index contributed by atoms with van der Waals surface area (Å²) < 4.78 is 59.4. The first-order valence-corrected chi connectivity index (χ1v) is 11.6. The third-order valence-corrected chi connectivity index (χ3v) is 6.35. The van der Waals surface area contributed by atoms with Crippen LogP contribution in [0.15, 0.2) is 30.3 Å². The highest BCUT2D eigenvalue weighted by atomic mass is 19.4. The van der Waals surface area contributed by atoms with E-state index in [1.807, 2.05) is 4.90 Å². The Balaban J connectivity index is 1.44. The van der Waals surface area contributed by atoms with Gasteiger partial charge in [-0.25, -0.2) is 14.2 Å². The SMILES string of the molecule is O=C(O)N1CCCN(CC2(O)CCN(c3nc(Oc4cccc(F)c4)cc(C(F)(F)F)n3)CC2)CC1. The monoisotopic (exact) mass is 513 g/mol. The summed E-state index contributed by atoms with van der Waals surface area (Å²) in [5, 5.41) is 20.3. The first-order valence-electron chi connectivity index (χ1n) is 11.6. The Morgan fingerprint density at radius 2 is 1.81 bits per heavy atom. The minimum atomic E-state index is -4.75. The summed E-state index contributed by atoms with van der Waals surface area (Å²) in [5.41, 5.74) is -2.26. The number of carbonyl (C=O) groups is 1. The molecule has 196 valence electrons. The van der Waals surface area contributed by atoms with Gasteiger partial charge in [0.2, 0.25) is 11.8 Å². The quantitative estimate of drug-likeness (QED) is 0.587. The molecule has 0 bridgehead atoms. The van der Waals surface area contributed by atoms with Crippen LogP contribution in [0.4, 0.5) is 28.3 Å². The Bertz CT molecular complexity index is 1080. The van der Waals surface area contributed by atoms with Gasteiger partial charge < -0.3 is 24.7 Å². The lowest BCUT2D eigenvalue weighted by molar-refractivity contribution is -0.141. The van der Waals surface area contributed by atoms with Gasteiger partial charge >= 0.3 is 12.3 Å². The molecule has 1 aromatic carbocycles. The molecule has 0 unspecified atom stereocenters. The Morgan fingerprint density at radius 3 is 2.47 bits per heavy atom. The molecule has 9 nitrogen and oxygen atoms in total. The van der Waals surface area contributed by atoms with Gasteiger partial charge in [0.15, 0.2) is 5.69 Å². The number of rotatable bonds is 5. The molecule has 2 saturated heterocycles. The van der Waals surface area contributed by atoms with Crippen molar-refractivity contribution in [3.63, 3.8) is 0 Å². The summed E-state index contributed by atoms with van der Waals surface area (Å²) >= 11 is 0. The third-order valence-electron chi connectivity index (χ3n) is 6.35. The van der Waals surface area contributed by atoms with Gasteiger partial charge in [-0.3, -0.25) is 4.90 Å². The number of aliphatic hydroxyl groups is 1. The van der Waals surface area contributed by atoms with Gasteiger partial charge in [-0.1, -0.05) is 6.07 Å². The van der Waals surface area contributed by atoms with Crippen LogP contribution < -0.4 is 9.64 Å². The van der Waals surface area contributed by atoms with E-state index in [4.69, 9.17) is 4.74 Å². The molecule has 1 amide bonds. The van der Waals surface area contributed by atoms with E-state index in [-0.39, 0.29) is 43.5 Å². The van der Waals surface area contributed by atoms with Crippen LogP contribution in [0.2, 0.25) is 0 Å². The molecule has 2 aliphatic rings. The number of hydrogen-bond donors (Lipinski definition) is 2. The lowest BCUT2D eigenvalue weighted by Gasteiger charge is -2.40. The predicted octanol–water partition coefficient (Wildman–Crippen LogP) is 3.44. The Kier molecular flexibility index (Phi) is 7.50. The number of carboxylic acid groups (broad SMARTS) is 1. The minimum absolute atomic E-state index is 0.000271. The number of nitrogens with zero attached hydrogens (tertiary/aromatic N) is 5. The fourth-order valence-corrected chi connectivity index (χ4v) is 4.42. The number of alkyl halides is 3. The molecule has 0 atom stereocenters. The maximum Gasteiger partial charge on any atom is 0.433 e. The van der Waals surface area contributed by atoms with Gasteiger partial charge in [0.1, 0.15) is 11.6 Å². The van der Waals surface area contributed by atoms with Crippen LogP contribution in [0.25, 0.3) is 0 Å². The molecule has 13 heteroatoms. The predicted molar refractivity (Wildman–Crippen MR) is 121 cm³/mol. The molecule has 2 aliphatic heterocycles. The van der Waals surface area contributed by atoms with E-state index in [9.17, 15) is 32.6 Å². The molecule has 0 radical (unpaired) electrons. The molecule has 1 aromatic heterocycles. The number of anilines is 1. The second kappa shape index (κ2) is 10.4. The Morgan fingerprint density at radius 1 is 1.06 bits per heavy atom. The first-order chi connectivity index (χ1) is 17.0.